The van der Waals surface area contributed by atoms with Gasteiger partial charge in [0, 0.05) is 37.0 Å². The third-order valence-corrected chi connectivity index (χ3v) is 6.16. The number of imidazole rings is 1. The molecule has 5 nitrogen and oxygen atoms in total. The Balaban J connectivity index is 0.00000274. The molecule has 0 fully saturated rings. The molecule has 3 aromatic carbocycles. The first-order chi connectivity index (χ1) is 16.0. The fourth-order valence-electron chi connectivity index (χ4n) is 4.59. The van der Waals surface area contributed by atoms with Crippen molar-refractivity contribution in [3.8, 4) is 22.8 Å². The van der Waals surface area contributed by atoms with Crippen LogP contribution in [0.1, 0.15) is 56.5 Å². The van der Waals surface area contributed by atoms with Gasteiger partial charge in [0.2, 0.25) is 0 Å². The molecule has 6 heteroatoms. The maximum Gasteiger partial charge on any atom is 0.114 e. The molecule has 34 heavy (non-hydrogen) atoms. The van der Waals surface area contributed by atoms with Gasteiger partial charge in [-0.15, -0.1) is 23.3 Å². The standard InChI is InChI=1S/C28H28N5.Ir/c1-18(2)22-13-9-14-23(19(3)4)27(22)32-17-29-31-28(32)24-15-10-16-25-26(24)30-20(5)33(25)21-11-7-6-8-12-21;/h6-14,16-19H,1-5H3;/q-1;. The van der Waals surface area contributed by atoms with Crippen molar-refractivity contribution >= 4 is 11.0 Å². The molecule has 0 unspecified atom stereocenters. The Bertz CT molecular complexity index is 1400. The molecule has 0 saturated carbocycles. The number of aryl methyl sites for hydroxylation is 1. The molecule has 0 spiro atoms. The van der Waals surface area contributed by atoms with E-state index in [2.05, 4.69) is 89.5 Å². The first kappa shape index (κ1) is 24.1. The van der Waals surface area contributed by atoms with Crippen molar-refractivity contribution in [2.75, 3.05) is 0 Å². The molecule has 0 aliphatic rings. The maximum absolute atomic E-state index is 4.95. The second-order valence-corrected chi connectivity index (χ2v) is 9.04. The van der Waals surface area contributed by atoms with Crippen LogP contribution in [0.15, 0.2) is 67.0 Å². The fraction of sp³-hybridized carbons (Fsp3) is 0.250. The van der Waals surface area contributed by atoms with Gasteiger partial charge in [0.25, 0.3) is 0 Å². The predicted molar refractivity (Wildman–Crippen MR) is 133 cm³/mol. The number of benzene rings is 3. The van der Waals surface area contributed by atoms with E-state index in [9.17, 15) is 0 Å². The zero-order chi connectivity index (χ0) is 23.1. The molecule has 0 aliphatic carbocycles. The molecular weight excluding hydrogens is 599 g/mol. The molecule has 2 aromatic heterocycles. The topological polar surface area (TPSA) is 48.5 Å². The number of hydrogen-bond acceptors (Lipinski definition) is 3. The Morgan fingerprint density at radius 2 is 1.53 bits per heavy atom. The van der Waals surface area contributed by atoms with E-state index in [-0.39, 0.29) is 20.1 Å². The summed E-state index contributed by atoms with van der Waals surface area (Å²) < 4.78 is 4.29. The number of hydrogen-bond donors (Lipinski definition) is 0. The predicted octanol–water partition coefficient (Wildman–Crippen LogP) is 6.63. The Kier molecular flexibility index (Phi) is 6.83. The van der Waals surface area contributed by atoms with Crippen LogP contribution in [0.2, 0.25) is 0 Å². The quantitative estimate of drug-likeness (QED) is 0.206. The van der Waals surface area contributed by atoms with Crippen LogP contribution in [0.4, 0.5) is 0 Å². The summed E-state index contributed by atoms with van der Waals surface area (Å²) in [6.45, 7) is 10.9. The molecule has 5 rings (SSSR count). The van der Waals surface area contributed by atoms with Crippen LogP contribution in [-0.2, 0) is 20.1 Å². The van der Waals surface area contributed by atoms with E-state index in [0.717, 1.165) is 39.6 Å². The zero-order valence-electron chi connectivity index (χ0n) is 20.1. The summed E-state index contributed by atoms with van der Waals surface area (Å²) in [4.78, 5) is 4.95. The molecule has 0 aliphatic heterocycles. The number of aromatic nitrogens is 5. The first-order valence-electron chi connectivity index (χ1n) is 11.5. The number of para-hydroxylation sites is 2. The van der Waals surface area contributed by atoms with Crippen molar-refractivity contribution in [2.24, 2.45) is 0 Å². The Hall–Kier alpha value is -3.08. The molecule has 175 valence electrons. The van der Waals surface area contributed by atoms with E-state index in [1.54, 1.807) is 0 Å². The monoisotopic (exact) mass is 627 g/mol. The Morgan fingerprint density at radius 1 is 0.853 bits per heavy atom. The van der Waals surface area contributed by atoms with E-state index >= 15 is 0 Å². The van der Waals surface area contributed by atoms with Crippen LogP contribution in [0.5, 0.6) is 0 Å². The van der Waals surface area contributed by atoms with Gasteiger partial charge in [-0.2, -0.15) is 5.10 Å². The summed E-state index contributed by atoms with van der Waals surface area (Å²) in [5.74, 6) is 2.42. The molecular formula is C28H28IrN5-. The van der Waals surface area contributed by atoms with E-state index in [0.29, 0.717) is 11.8 Å². The van der Waals surface area contributed by atoms with Crippen LogP contribution >= 0.6 is 0 Å². The normalized spacial score (nSPS) is 11.4. The first-order valence-corrected chi connectivity index (χ1v) is 11.5. The summed E-state index contributed by atoms with van der Waals surface area (Å²) in [7, 11) is 0. The molecule has 0 bridgehead atoms. The van der Waals surface area contributed by atoms with Gasteiger partial charge in [-0.05, 0) is 47.5 Å². The average Bonchev–Trinajstić information content (AvgIpc) is 3.42. The van der Waals surface area contributed by atoms with Gasteiger partial charge < -0.3 is 9.13 Å². The summed E-state index contributed by atoms with van der Waals surface area (Å²) in [5, 5.41) is 8.89. The van der Waals surface area contributed by atoms with E-state index in [1.165, 1.54) is 11.1 Å². The van der Waals surface area contributed by atoms with E-state index in [4.69, 9.17) is 4.98 Å². The van der Waals surface area contributed by atoms with Gasteiger partial charge in [0.15, 0.2) is 0 Å². The number of fused-ring (bicyclic) bond motifs is 1. The SMILES string of the molecule is Cc1nc2c(-c3nncn3-c3c(C(C)C)cccc3C(C)C)[c-]ccc2n1-c1ccccc1.[Ir]. The van der Waals surface area contributed by atoms with Crippen LogP contribution in [0, 0.1) is 13.0 Å². The summed E-state index contributed by atoms with van der Waals surface area (Å²) in [5.41, 5.74) is 7.57. The largest absolute Gasteiger partial charge is 0.322 e. The number of nitrogens with zero attached hydrogens (tertiary/aromatic N) is 5. The van der Waals surface area contributed by atoms with Crippen molar-refractivity contribution in [3.05, 3.63) is 90.0 Å². The summed E-state index contributed by atoms with van der Waals surface area (Å²) >= 11 is 0. The molecule has 0 atom stereocenters. The van der Waals surface area contributed by atoms with Gasteiger partial charge in [-0.1, -0.05) is 69.7 Å². The molecule has 1 radical (unpaired) electrons. The number of rotatable bonds is 5. The van der Waals surface area contributed by atoms with Crippen molar-refractivity contribution < 1.29 is 20.1 Å². The Morgan fingerprint density at radius 3 is 2.18 bits per heavy atom. The van der Waals surface area contributed by atoms with Gasteiger partial charge >= 0.3 is 0 Å². The van der Waals surface area contributed by atoms with Gasteiger partial charge in [-0.25, -0.2) is 0 Å². The van der Waals surface area contributed by atoms with E-state index in [1.807, 2.05) is 37.5 Å². The average molecular weight is 627 g/mol. The summed E-state index contributed by atoms with van der Waals surface area (Å²) in [6.07, 6.45) is 1.82. The van der Waals surface area contributed by atoms with Crippen LogP contribution in [0.3, 0.4) is 0 Å². The molecule has 0 N–H and O–H groups in total. The van der Waals surface area contributed by atoms with Crippen molar-refractivity contribution in [1.82, 2.24) is 24.3 Å². The second-order valence-electron chi connectivity index (χ2n) is 9.04. The maximum atomic E-state index is 4.95. The Labute approximate surface area is 214 Å². The molecule has 5 aromatic rings. The minimum atomic E-state index is 0. The smallest absolute Gasteiger partial charge is 0.114 e. The summed E-state index contributed by atoms with van der Waals surface area (Å²) in [6, 6.07) is 24.3. The van der Waals surface area contributed by atoms with Gasteiger partial charge in [-0.3, -0.25) is 4.98 Å². The van der Waals surface area contributed by atoms with Crippen LogP contribution in [0.25, 0.3) is 33.8 Å². The third kappa shape index (κ3) is 4.02. The minimum Gasteiger partial charge on any atom is -0.322 e. The molecule has 0 saturated heterocycles. The fourth-order valence-corrected chi connectivity index (χ4v) is 4.59. The van der Waals surface area contributed by atoms with Gasteiger partial charge in [0.05, 0.1) is 11.6 Å². The van der Waals surface area contributed by atoms with Crippen molar-refractivity contribution in [2.45, 2.75) is 46.5 Å². The van der Waals surface area contributed by atoms with Crippen LogP contribution < -0.4 is 0 Å². The zero-order valence-corrected chi connectivity index (χ0v) is 22.5. The second kappa shape index (κ2) is 9.65. The third-order valence-electron chi connectivity index (χ3n) is 6.16. The molecule has 0 amide bonds. The molecule has 2 heterocycles. The van der Waals surface area contributed by atoms with Gasteiger partial charge in [0.1, 0.15) is 6.33 Å². The minimum absolute atomic E-state index is 0. The van der Waals surface area contributed by atoms with Crippen molar-refractivity contribution in [3.63, 3.8) is 0 Å². The van der Waals surface area contributed by atoms with E-state index < -0.39 is 0 Å². The van der Waals surface area contributed by atoms with Crippen molar-refractivity contribution in [1.29, 1.82) is 0 Å². The van der Waals surface area contributed by atoms with Crippen LogP contribution in [-0.4, -0.2) is 24.3 Å².